The summed E-state index contributed by atoms with van der Waals surface area (Å²) in [6.07, 6.45) is 1.56. The summed E-state index contributed by atoms with van der Waals surface area (Å²) in [4.78, 5) is 27.8. The molecule has 0 fully saturated rings. The van der Waals surface area contributed by atoms with Crippen molar-refractivity contribution in [2.45, 2.75) is 33.2 Å². The van der Waals surface area contributed by atoms with Gasteiger partial charge in [0.05, 0.1) is 11.9 Å². The molecule has 0 saturated carbocycles. The van der Waals surface area contributed by atoms with Crippen molar-refractivity contribution in [1.29, 1.82) is 0 Å². The van der Waals surface area contributed by atoms with E-state index in [1.807, 2.05) is 44.2 Å². The lowest BCUT2D eigenvalue weighted by molar-refractivity contribution is -0.138. The molecule has 35 heavy (non-hydrogen) atoms. The van der Waals surface area contributed by atoms with Gasteiger partial charge in [0.25, 0.3) is 0 Å². The van der Waals surface area contributed by atoms with Crippen LogP contribution < -0.4 is 19.1 Å². The van der Waals surface area contributed by atoms with Crippen molar-refractivity contribution in [1.82, 2.24) is 10.2 Å². The Morgan fingerprint density at radius 2 is 1.71 bits per heavy atom. The van der Waals surface area contributed by atoms with Gasteiger partial charge in [-0.1, -0.05) is 44.2 Å². The third kappa shape index (κ3) is 7.11. The van der Waals surface area contributed by atoms with Crippen molar-refractivity contribution in [3.63, 3.8) is 0 Å². The van der Waals surface area contributed by atoms with Crippen LogP contribution in [0.25, 0.3) is 0 Å². The van der Waals surface area contributed by atoms with Crippen molar-refractivity contribution >= 4 is 27.5 Å². The number of ether oxygens (including phenoxy) is 2. The number of fused-ring (bicyclic) bond motifs is 1. The molecule has 0 bridgehead atoms. The fraction of sp³-hybridized carbons (Fsp3) is 0.440. The summed E-state index contributed by atoms with van der Waals surface area (Å²) >= 11 is 0. The topological polar surface area (TPSA) is 105 Å². The van der Waals surface area contributed by atoms with Crippen molar-refractivity contribution in [3.05, 3.63) is 54.1 Å². The zero-order chi connectivity index (χ0) is 25.6. The summed E-state index contributed by atoms with van der Waals surface area (Å²) < 4.78 is 37.0. The Hall–Kier alpha value is -3.27. The smallest absolute Gasteiger partial charge is 0.244 e. The van der Waals surface area contributed by atoms with Gasteiger partial charge >= 0.3 is 0 Å². The largest absolute Gasteiger partial charge is 0.454 e. The van der Waals surface area contributed by atoms with Gasteiger partial charge < -0.3 is 19.7 Å². The normalized spacial score (nSPS) is 13.4. The molecular weight excluding hydrogens is 470 g/mol. The molecule has 0 aliphatic carbocycles. The quantitative estimate of drug-likeness (QED) is 0.505. The average Bonchev–Trinajstić information content (AvgIpc) is 3.28. The Balaban J connectivity index is 1.83. The van der Waals surface area contributed by atoms with E-state index in [4.69, 9.17) is 9.47 Å². The third-order valence-electron chi connectivity index (χ3n) is 5.66. The number of anilines is 1. The number of rotatable bonds is 11. The average molecular weight is 504 g/mol. The maximum Gasteiger partial charge on any atom is 0.244 e. The summed E-state index contributed by atoms with van der Waals surface area (Å²) in [5, 5.41) is 2.86. The minimum absolute atomic E-state index is 0.0485. The first-order chi connectivity index (χ1) is 16.6. The highest BCUT2D eigenvalue weighted by Crippen LogP contribution is 2.36. The van der Waals surface area contributed by atoms with Gasteiger partial charge in [0.2, 0.25) is 28.6 Å². The highest BCUT2D eigenvalue weighted by molar-refractivity contribution is 7.92. The molecule has 1 aliphatic heterocycles. The van der Waals surface area contributed by atoms with Gasteiger partial charge in [-0.25, -0.2) is 8.42 Å². The van der Waals surface area contributed by atoms with Crippen LogP contribution in [-0.4, -0.2) is 63.9 Å². The molecule has 1 N–H and O–H groups in total. The van der Waals surface area contributed by atoms with Gasteiger partial charge in [0.15, 0.2) is 11.5 Å². The molecule has 0 saturated heterocycles. The molecule has 9 nitrogen and oxygen atoms in total. The molecule has 1 atom stereocenters. The molecule has 2 amide bonds. The van der Waals surface area contributed by atoms with Crippen LogP contribution in [-0.2, 0) is 26.0 Å². The SMILES string of the molecule is CC(C)CNC(=O)C(C)N(CCc1ccccc1)C(=O)CN(c1ccc2c(c1)OCO2)S(C)(=O)=O. The summed E-state index contributed by atoms with van der Waals surface area (Å²) in [5.41, 5.74) is 1.29. The lowest BCUT2D eigenvalue weighted by atomic mass is 10.1. The van der Waals surface area contributed by atoms with Crippen molar-refractivity contribution in [2.24, 2.45) is 5.92 Å². The van der Waals surface area contributed by atoms with Crippen LogP contribution in [0.15, 0.2) is 48.5 Å². The van der Waals surface area contributed by atoms with Crippen LogP contribution in [0.3, 0.4) is 0 Å². The molecule has 1 unspecified atom stereocenters. The van der Waals surface area contributed by atoms with Gasteiger partial charge in [0, 0.05) is 19.2 Å². The highest BCUT2D eigenvalue weighted by atomic mass is 32.2. The number of hydrogen-bond donors (Lipinski definition) is 1. The predicted molar refractivity (Wildman–Crippen MR) is 134 cm³/mol. The maximum atomic E-state index is 13.5. The van der Waals surface area contributed by atoms with E-state index in [2.05, 4.69) is 5.32 Å². The van der Waals surface area contributed by atoms with E-state index in [1.165, 1.54) is 11.0 Å². The van der Waals surface area contributed by atoms with Gasteiger partial charge in [-0.3, -0.25) is 13.9 Å². The molecule has 2 aromatic rings. The Kier molecular flexibility index (Phi) is 8.61. The minimum atomic E-state index is -3.81. The molecule has 0 aromatic heterocycles. The van der Waals surface area contributed by atoms with Crippen molar-refractivity contribution < 1.29 is 27.5 Å². The number of carbonyl (C=O) groups excluding carboxylic acids is 2. The van der Waals surface area contributed by atoms with Crippen LogP contribution >= 0.6 is 0 Å². The van der Waals surface area contributed by atoms with E-state index in [1.54, 1.807) is 19.1 Å². The maximum absolute atomic E-state index is 13.5. The van der Waals surface area contributed by atoms with Gasteiger partial charge in [-0.15, -0.1) is 0 Å². The molecule has 0 radical (unpaired) electrons. The summed E-state index contributed by atoms with van der Waals surface area (Å²) in [6, 6.07) is 13.5. The Bertz CT molecular complexity index is 1140. The van der Waals surface area contributed by atoms with Crippen LogP contribution in [0, 0.1) is 5.92 Å². The molecule has 190 valence electrons. The molecule has 3 rings (SSSR count). The number of nitrogens with one attached hydrogen (secondary N) is 1. The van der Waals surface area contributed by atoms with Crippen molar-refractivity contribution in [2.75, 3.05) is 37.0 Å². The van der Waals surface area contributed by atoms with Crippen LogP contribution in [0.4, 0.5) is 5.69 Å². The zero-order valence-corrected chi connectivity index (χ0v) is 21.4. The lowest BCUT2D eigenvalue weighted by Gasteiger charge is -2.31. The Morgan fingerprint density at radius 1 is 1.03 bits per heavy atom. The first-order valence-corrected chi connectivity index (χ1v) is 13.4. The lowest BCUT2D eigenvalue weighted by Crippen LogP contribution is -2.52. The van der Waals surface area contributed by atoms with Crippen LogP contribution in [0.2, 0.25) is 0 Å². The monoisotopic (exact) mass is 503 g/mol. The molecule has 1 aliphatic rings. The van der Waals surface area contributed by atoms with Crippen LogP contribution in [0.5, 0.6) is 11.5 Å². The van der Waals surface area contributed by atoms with E-state index < -0.39 is 28.5 Å². The predicted octanol–water partition coefficient (Wildman–Crippen LogP) is 2.41. The summed E-state index contributed by atoms with van der Waals surface area (Å²) in [7, 11) is -3.81. The molecular formula is C25H33N3O6S. The molecule has 2 aromatic carbocycles. The van der Waals surface area contributed by atoms with Crippen LogP contribution in [0.1, 0.15) is 26.3 Å². The highest BCUT2D eigenvalue weighted by Gasteiger charge is 2.30. The number of amides is 2. The van der Waals surface area contributed by atoms with E-state index in [0.717, 1.165) is 16.1 Å². The molecule has 1 heterocycles. The number of hydrogen-bond acceptors (Lipinski definition) is 6. The Morgan fingerprint density at radius 3 is 2.37 bits per heavy atom. The van der Waals surface area contributed by atoms with Gasteiger partial charge in [-0.2, -0.15) is 0 Å². The van der Waals surface area contributed by atoms with E-state index >= 15 is 0 Å². The van der Waals surface area contributed by atoms with Crippen molar-refractivity contribution in [3.8, 4) is 11.5 Å². The second-order valence-electron chi connectivity index (χ2n) is 8.94. The Labute approximate surface area is 207 Å². The van der Waals surface area contributed by atoms with Gasteiger partial charge in [0.1, 0.15) is 12.6 Å². The first-order valence-electron chi connectivity index (χ1n) is 11.5. The molecule has 10 heteroatoms. The summed E-state index contributed by atoms with van der Waals surface area (Å²) in [5.74, 6) is 0.413. The number of benzene rings is 2. The van der Waals surface area contributed by atoms with Gasteiger partial charge in [-0.05, 0) is 37.0 Å². The fourth-order valence-corrected chi connectivity index (χ4v) is 4.52. The first kappa shape index (κ1) is 26.3. The summed E-state index contributed by atoms with van der Waals surface area (Å²) in [6.45, 7) is 5.97. The molecule has 0 spiro atoms. The second kappa shape index (κ2) is 11.4. The fourth-order valence-electron chi connectivity index (χ4n) is 3.68. The number of carbonyl (C=O) groups is 2. The van der Waals surface area contributed by atoms with E-state index in [0.29, 0.717) is 24.5 Å². The minimum Gasteiger partial charge on any atom is -0.454 e. The second-order valence-corrected chi connectivity index (χ2v) is 10.9. The number of nitrogens with zero attached hydrogens (tertiary/aromatic N) is 2. The number of sulfonamides is 1. The standard InChI is InChI=1S/C25H33N3O6S/c1-18(2)15-26-25(30)19(3)27(13-12-20-8-6-5-7-9-20)24(29)16-28(35(4,31)32)21-10-11-22-23(14-21)34-17-33-22/h5-11,14,18-19H,12-13,15-17H2,1-4H3,(H,26,30). The van der Waals surface area contributed by atoms with E-state index in [9.17, 15) is 18.0 Å². The third-order valence-corrected chi connectivity index (χ3v) is 6.80. The zero-order valence-electron chi connectivity index (χ0n) is 20.6. The van der Waals surface area contributed by atoms with E-state index in [-0.39, 0.29) is 30.9 Å².